The van der Waals surface area contributed by atoms with Crippen LogP contribution in [0.2, 0.25) is 0 Å². The van der Waals surface area contributed by atoms with E-state index in [4.69, 9.17) is 11.1 Å². The number of amidine groups is 1. The molecule has 2 nitrogen and oxygen atoms in total. The Bertz CT molecular complexity index is 72.8. The Kier molecular flexibility index (Phi) is 4.85. The average Bonchev–Trinajstić information content (AvgIpc) is 1.66. The van der Waals surface area contributed by atoms with Crippen molar-refractivity contribution in [1.82, 2.24) is 0 Å². The predicted molar refractivity (Wildman–Crippen MR) is 39.5 cm³/mol. The summed E-state index contributed by atoms with van der Waals surface area (Å²) in [6, 6.07) is 0. The second kappa shape index (κ2) is 4.97. The molecule has 0 aromatic rings. The number of hydrogen-bond donors (Lipinski definition) is 2. The summed E-state index contributed by atoms with van der Waals surface area (Å²) in [7, 11) is 0. The van der Waals surface area contributed by atoms with Gasteiger partial charge in [-0.25, -0.2) is 0 Å². The van der Waals surface area contributed by atoms with Gasteiger partial charge in [0.15, 0.2) is 0 Å². The van der Waals surface area contributed by atoms with E-state index in [0.717, 1.165) is 18.6 Å². The topological polar surface area (TPSA) is 49.9 Å². The zero-order chi connectivity index (χ0) is 6.41. The van der Waals surface area contributed by atoms with Crippen molar-refractivity contribution in [2.45, 2.75) is 12.8 Å². The Morgan fingerprint density at radius 2 is 2.38 bits per heavy atom. The first kappa shape index (κ1) is 7.82. The van der Waals surface area contributed by atoms with Gasteiger partial charge < -0.3 is 5.73 Å². The van der Waals surface area contributed by atoms with Gasteiger partial charge in [-0.15, -0.1) is 0 Å². The SMILES string of the molecule is CSCCCC(=N)N. The molecule has 0 aromatic carbocycles. The fourth-order valence-electron chi connectivity index (χ4n) is 0.407. The van der Waals surface area contributed by atoms with Gasteiger partial charge in [-0.2, -0.15) is 11.8 Å². The lowest BCUT2D eigenvalue weighted by molar-refractivity contribution is 0.990. The molecule has 0 unspecified atom stereocenters. The molecule has 0 saturated heterocycles. The molecule has 0 rings (SSSR count). The third-order valence-corrected chi connectivity index (χ3v) is 1.49. The van der Waals surface area contributed by atoms with E-state index in [0.29, 0.717) is 5.84 Å². The molecule has 0 fully saturated rings. The molecule has 48 valence electrons. The van der Waals surface area contributed by atoms with Crippen LogP contribution in [0, 0.1) is 5.41 Å². The van der Waals surface area contributed by atoms with Gasteiger partial charge in [-0.3, -0.25) is 5.41 Å². The summed E-state index contributed by atoms with van der Waals surface area (Å²) in [6.45, 7) is 0. The highest BCUT2D eigenvalue weighted by atomic mass is 32.2. The predicted octanol–water partition coefficient (Wildman–Crippen LogP) is 1.07. The highest BCUT2D eigenvalue weighted by Gasteiger charge is 1.86. The molecule has 0 aromatic heterocycles. The van der Waals surface area contributed by atoms with Gasteiger partial charge >= 0.3 is 0 Å². The van der Waals surface area contributed by atoms with Crippen molar-refractivity contribution >= 4 is 17.6 Å². The molecule has 0 radical (unpaired) electrons. The minimum atomic E-state index is 0.305. The van der Waals surface area contributed by atoms with Crippen LogP contribution in [0.5, 0.6) is 0 Å². The first-order chi connectivity index (χ1) is 3.77. The molecule has 0 aliphatic rings. The van der Waals surface area contributed by atoms with E-state index in [2.05, 4.69) is 6.26 Å². The quantitative estimate of drug-likeness (QED) is 0.341. The number of nitrogens with one attached hydrogen (secondary N) is 1. The standard InChI is InChI=1S/C5H12N2S/c1-8-4-2-3-5(6)7/h2-4H2,1H3,(H3,6,7). The number of hydrogen-bond acceptors (Lipinski definition) is 2. The fourth-order valence-corrected chi connectivity index (χ4v) is 0.840. The van der Waals surface area contributed by atoms with E-state index < -0.39 is 0 Å². The second-order valence-corrected chi connectivity index (χ2v) is 2.61. The van der Waals surface area contributed by atoms with Crippen molar-refractivity contribution in [3.05, 3.63) is 0 Å². The van der Waals surface area contributed by atoms with Crippen LogP contribution < -0.4 is 5.73 Å². The van der Waals surface area contributed by atoms with Crippen molar-refractivity contribution in [1.29, 1.82) is 5.41 Å². The highest BCUT2D eigenvalue weighted by molar-refractivity contribution is 7.98. The lowest BCUT2D eigenvalue weighted by Gasteiger charge is -1.93. The summed E-state index contributed by atoms with van der Waals surface area (Å²) in [5, 5.41) is 6.84. The van der Waals surface area contributed by atoms with Crippen LogP contribution in [-0.4, -0.2) is 17.8 Å². The van der Waals surface area contributed by atoms with Gasteiger partial charge in [-0.05, 0) is 18.4 Å². The lowest BCUT2D eigenvalue weighted by Crippen LogP contribution is -2.08. The molecule has 0 aliphatic carbocycles. The normalized spacial score (nSPS) is 9.12. The molecule has 3 heteroatoms. The Hall–Kier alpha value is -0.180. The summed E-state index contributed by atoms with van der Waals surface area (Å²) in [4.78, 5) is 0. The molecule has 0 bridgehead atoms. The number of nitrogens with two attached hydrogens (primary N) is 1. The Labute approximate surface area is 54.3 Å². The Morgan fingerprint density at radius 1 is 1.75 bits per heavy atom. The molecule has 3 N–H and O–H groups in total. The summed E-state index contributed by atoms with van der Waals surface area (Å²) < 4.78 is 0. The molecule has 0 atom stereocenters. The van der Waals surface area contributed by atoms with Crippen molar-refractivity contribution < 1.29 is 0 Å². The summed E-state index contributed by atoms with van der Waals surface area (Å²) in [5.74, 6) is 1.42. The molecule has 0 aliphatic heterocycles. The lowest BCUT2D eigenvalue weighted by atomic mass is 10.3. The van der Waals surface area contributed by atoms with Gasteiger partial charge in [0, 0.05) is 6.42 Å². The largest absolute Gasteiger partial charge is 0.388 e. The summed E-state index contributed by atoms with van der Waals surface area (Å²) in [6.07, 6.45) is 3.84. The van der Waals surface area contributed by atoms with Crippen LogP contribution in [-0.2, 0) is 0 Å². The number of thioether (sulfide) groups is 1. The smallest absolute Gasteiger partial charge is 0.0905 e. The monoisotopic (exact) mass is 132 g/mol. The minimum Gasteiger partial charge on any atom is -0.388 e. The van der Waals surface area contributed by atoms with Crippen molar-refractivity contribution in [2.24, 2.45) is 5.73 Å². The van der Waals surface area contributed by atoms with Crippen LogP contribution in [0.15, 0.2) is 0 Å². The van der Waals surface area contributed by atoms with Crippen LogP contribution in [0.1, 0.15) is 12.8 Å². The Morgan fingerprint density at radius 3 is 2.75 bits per heavy atom. The van der Waals surface area contributed by atoms with E-state index in [1.807, 2.05) is 0 Å². The van der Waals surface area contributed by atoms with Gasteiger partial charge in [0.05, 0.1) is 5.84 Å². The molecule has 0 spiro atoms. The van der Waals surface area contributed by atoms with Gasteiger partial charge in [-0.1, -0.05) is 0 Å². The van der Waals surface area contributed by atoms with E-state index in [1.54, 1.807) is 11.8 Å². The van der Waals surface area contributed by atoms with Crippen LogP contribution in [0.25, 0.3) is 0 Å². The maximum Gasteiger partial charge on any atom is 0.0905 e. The number of rotatable bonds is 4. The highest BCUT2D eigenvalue weighted by Crippen LogP contribution is 1.97. The zero-order valence-corrected chi connectivity index (χ0v) is 5.92. The van der Waals surface area contributed by atoms with Crippen LogP contribution >= 0.6 is 11.8 Å². The molecule has 8 heavy (non-hydrogen) atoms. The zero-order valence-electron chi connectivity index (χ0n) is 5.11. The van der Waals surface area contributed by atoms with Gasteiger partial charge in [0.1, 0.15) is 0 Å². The third kappa shape index (κ3) is 5.82. The van der Waals surface area contributed by atoms with Gasteiger partial charge in [0.25, 0.3) is 0 Å². The van der Waals surface area contributed by atoms with E-state index in [9.17, 15) is 0 Å². The second-order valence-electron chi connectivity index (χ2n) is 1.62. The summed E-state index contributed by atoms with van der Waals surface area (Å²) >= 11 is 1.79. The van der Waals surface area contributed by atoms with E-state index in [1.165, 1.54) is 0 Å². The summed E-state index contributed by atoms with van der Waals surface area (Å²) in [5.41, 5.74) is 5.11. The molecule has 0 saturated carbocycles. The first-order valence-electron chi connectivity index (χ1n) is 2.59. The first-order valence-corrected chi connectivity index (χ1v) is 3.98. The third-order valence-electron chi connectivity index (χ3n) is 0.795. The van der Waals surface area contributed by atoms with Gasteiger partial charge in [0.2, 0.25) is 0 Å². The minimum absolute atomic E-state index is 0.305. The fraction of sp³-hybridized carbons (Fsp3) is 0.800. The van der Waals surface area contributed by atoms with Crippen LogP contribution in [0.4, 0.5) is 0 Å². The molecular formula is C5H12N2S. The van der Waals surface area contributed by atoms with Crippen molar-refractivity contribution in [2.75, 3.05) is 12.0 Å². The van der Waals surface area contributed by atoms with Crippen molar-refractivity contribution in [3.8, 4) is 0 Å². The molecular weight excluding hydrogens is 120 g/mol. The maximum atomic E-state index is 6.84. The van der Waals surface area contributed by atoms with E-state index >= 15 is 0 Å². The maximum absolute atomic E-state index is 6.84. The average molecular weight is 132 g/mol. The van der Waals surface area contributed by atoms with E-state index in [-0.39, 0.29) is 0 Å². The van der Waals surface area contributed by atoms with Crippen molar-refractivity contribution in [3.63, 3.8) is 0 Å². The van der Waals surface area contributed by atoms with Crippen LogP contribution in [0.3, 0.4) is 0 Å². The molecule has 0 heterocycles. The Balaban J connectivity index is 2.82. The molecule has 0 amide bonds.